The SMILES string of the molecule is CC(C)C1CN(c2cc(Br)ccc2F)CCCN1. The van der Waals surface area contributed by atoms with Crippen LogP contribution in [0.25, 0.3) is 0 Å². The van der Waals surface area contributed by atoms with Crippen LogP contribution in [0.3, 0.4) is 0 Å². The smallest absolute Gasteiger partial charge is 0.146 e. The maximum Gasteiger partial charge on any atom is 0.146 e. The molecular weight excluding hydrogens is 295 g/mol. The molecule has 0 aliphatic carbocycles. The molecule has 100 valence electrons. The first-order chi connectivity index (χ1) is 8.58. The molecule has 2 rings (SSSR count). The molecule has 0 saturated carbocycles. The summed E-state index contributed by atoms with van der Waals surface area (Å²) in [6.45, 7) is 7.19. The van der Waals surface area contributed by atoms with Crippen LogP contribution in [0.15, 0.2) is 22.7 Å². The Morgan fingerprint density at radius 1 is 1.44 bits per heavy atom. The molecule has 1 aliphatic rings. The average Bonchev–Trinajstić information content (AvgIpc) is 2.58. The lowest BCUT2D eigenvalue weighted by atomic mass is 10.0. The third-order valence-corrected chi connectivity index (χ3v) is 3.98. The van der Waals surface area contributed by atoms with Crippen LogP contribution in [-0.4, -0.2) is 25.7 Å². The molecule has 4 heteroatoms. The molecule has 1 aliphatic heterocycles. The molecule has 0 aromatic heterocycles. The van der Waals surface area contributed by atoms with Crippen LogP contribution in [0.5, 0.6) is 0 Å². The van der Waals surface area contributed by atoms with E-state index in [1.807, 2.05) is 6.07 Å². The van der Waals surface area contributed by atoms with Gasteiger partial charge in [0, 0.05) is 23.6 Å². The summed E-state index contributed by atoms with van der Waals surface area (Å²) < 4.78 is 14.9. The molecule has 0 radical (unpaired) electrons. The van der Waals surface area contributed by atoms with Crippen LogP contribution in [-0.2, 0) is 0 Å². The zero-order chi connectivity index (χ0) is 13.1. The van der Waals surface area contributed by atoms with Crippen molar-refractivity contribution in [2.75, 3.05) is 24.5 Å². The number of halogens is 2. The quantitative estimate of drug-likeness (QED) is 0.900. The normalized spacial score (nSPS) is 21.2. The summed E-state index contributed by atoms with van der Waals surface area (Å²) in [5, 5.41) is 3.54. The fourth-order valence-corrected chi connectivity index (χ4v) is 2.69. The van der Waals surface area contributed by atoms with Crippen molar-refractivity contribution in [2.24, 2.45) is 5.92 Å². The fourth-order valence-electron chi connectivity index (χ4n) is 2.34. The lowest BCUT2D eigenvalue weighted by molar-refractivity contribution is 0.419. The van der Waals surface area contributed by atoms with E-state index in [0.29, 0.717) is 17.6 Å². The second kappa shape index (κ2) is 6.02. The van der Waals surface area contributed by atoms with Crippen LogP contribution < -0.4 is 10.2 Å². The third kappa shape index (κ3) is 3.23. The summed E-state index contributed by atoms with van der Waals surface area (Å²) in [6.07, 6.45) is 1.05. The standard InChI is InChI=1S/C14H20BrFN2/c1-10(2)13-9-18(7-3-6-17-13)14-8-11(15)4-5-12(14)16/h4-5,8,10,13,17H,3,6-7,9H2,1-2H3. The summed E-state index contributed by atoms with van der Waals surface area (Å²) >= 11 is 3.42. The molecule has 1 atom stereocenters. The van der Waals surface area contributed by atoms with Crippen LogP contribution in [0, 0.1) is 11.7 Å². The van der Waals surface area contributed by atoms with Crippen LogP contribution in [0.2, 0.25) is 0 Å². The highest BCUT2D eigenvalue weighted by Crippen LogP contribution is 2.25. The van der Waals surface area contributed by atoms with Gasteiger partial charge >= 0.3 is 0 Å². The Labute approximate surface area is 117 Å². The molecule has 1 aromatic carbocycles. The Bertz CT molecular complexity index is 409. The number of hydrogen-bond acceptors (Lipinski definition) is 2. The number of benzene rings is 1. The fraction of sp³-hybridized carbons (Fsp3) is 0.571. The zero-order valence-corrected chi connectivity index (χ0v) is 12.5. The second-order valence-corrected chi connectivity index (χ2v) is 6.12. The third-order valence-electron chi connectivity index (χ3n) is 3.48. The van der Waals surface area contributed by atoms with Gasteiger partial charge in [0.1, 0.15) is 5.82 Å². The Morgan fingerprint density at radius 3 is 2.94 bits per heavy atom. The first-order valence-corrected chi connectivity index (χ1v) is 7.30. The Balaban J connectivity index is 2.22. The van der Waals surface area contributed by atoms with E-state index in [1.54, 1.807) is 6.07 Å². The van der Waals surface area contributed by atoms with E-state index in [1.165, 1.54) is 6.07 Å². The maximum atomic E-state index is 13.9. The molecule has 0 bridgehead atoms. The minimum atomic E-state index is -0.136. The highest BCUT2D eigenvalue weighted by molar-refractivity contribution is 9.10. The molecule has 1 saturated heterocycles. The topological polar surface area (TPSA) is 15.3 Å². The lowest BCUT2D eigenvalue weighted by Crippen LogP contribution is -2.41. The number of rotatable bonds is 2. The van der Waals surface area contributed by atoms with Crippen LogP contribution in [0.1, 0.15) is 20.3 Å². The zero-order valence-electron chi connectivity index (χ0n) is 10.9. The van der Waals surface area contributed by atoms with Crippen molar-refractivity contribution in [3.05, 3.63) is 28.5 Å². The van der Waals surface area contributed by atoms with Gasteiger partial charge in [0.05, 0.1) is 5.69 Å². The second-order valence-electron chi connectivity index (χ2n) is 5.20. The number of nitrogens with zero attached hydrogens (tertiary/aromatic N) is 1. The minimum absolute atomic E-state index is 0.136. The van der Waals surface area contributed by atoms with E-state index in [2.05, 4.69) is 40.0 Å². The maximum absolute atomic E-state index is 13.9. The van der Waals surface area contributed by atoms with E-state index in [-0.39, 0.29) is 5.82 Å². The van der Waals surface area contributed by atoms with Crippen molar-refractivity contribution in [1.82, 2.24) is 5.32 Å². The van der Waals surface area contributed by atoms with Gasteiger partial charge in [-0.2, -0.15) is 0 Å². The van der Waals surface area contributed by atoms with Gasteiger partial charge in [0.25, 0.3) is 0 Å². The molecule has 1 aromatic rings. The summed E-state index contributed by atoms with van der Waals surface area (Å²) in [7, 11) is 0. The number of nitrogens with one attached hydrogen (secondary N) is 1. The molecule has 2 nitrogen and oxygen atoms in total. The van der Waals surface area contributed by atoms with Gasteiger partial charge in [-0.3, -0.25) is 0 Å². The monoisotopic (exact) mass is 314 g/mol. The van der Waals surface area contributed by atoms with Gasteiger partial charge in [0.2, 0.25) is 0 Å². The van der Waals surface area contributed by atoms with Gasteiger partial charge in [-0.05, 0) is 37.1 Å². The highest BCUT2D eigenvalue weighted by atomic mass is 79.9. The van der Waals surface area contributed by atoms with E-state index in [0.717, 1.165) is 30.5 Å². The van der Waals surface area contributed by atoms with Gasteiger partial charge in [0.15, 0.2) is 0 Å². The molecule has 18 heavy (non-hydrogen) atoms. The summed E-state index contributed by atoms with van der Waals surface area (Å²) in [4.78, 5) is 2.16. The summed E-state index contributed by atoms with van der Waals surface area (Å²) in [5.74, 6) is 0.420. The first-order valence-electron chi connectivity index (χ1n) is 6.51. The van der Waals surface area contributed by atoms with Crippen molar-refractivity contribution in [3.63, 3.8) is 0 Å². The Hall–Kier alpha value is -0.610. The first kappa shape index (κ1) is 13.8. The van der Waals surface area contributed by atoms with Crippen molar-refractivity contribution >= 4 is 21.6 Å². The molecular formula is C14H20BrFN2. The summed E-state index contributed by atoms with van der Waals surface area (Å²) in [5.41, 5.74) is 0.707. The van der Waals surface area contributed by atoms with Gasteiger partial charge in [-0.25, -0.2) is 4.39 Å². The van der Waals surface area contributed by atoms with Crippen molar-refractivity contribution in [3.8, 4) is 0 Å². The molecule has 1 unspecified atom stereocenters. The highest BCUT2D eigenvalue weighted by Gasteiger charge is 2.22. The van der Waals surface area contributed by atoms with Crippen molar-refractivity contribution < 1.29 is 4.39 Å². The molecule has 1 heterocycles. The summed E-state index contributed by atoms with van der Waals surface area (Å²) in [6, 6.07) is 5.57. The Morgan fingerprint density at radius 2 is 2.22 bits per heavy atom. The minimum Gasteiger partial charge on any atom is -0.368 e. The molecule has 0 amide bonds. The molecule has 0 spiro atoms. The van der Waals surface area contributed by atoms with Crippen molar-refractivity contribution in [2.45, 2.75) is 26.3 Å². The van der Waals surface area contributed by atoms with Gasteiger partial charge in [-0.15, -0.1) is 0 Å². The Kier molecular flexibility index (Phi) is 4.62. The number of anilines is 1. The van der Waals surface area contributed by atoms with Gasteiger partial charge in [-0.1, -0.05) is 29.8 Å². The number of hydrogen-bond donors (Lipinski definition) is 1. The van der Waals surface area contributed by atoms with Crippen LogP contribution >= 0.6 is 15.9 Å². The van der Waals surface area contributed by atoms with E-state index >= 15 is 0 Å². The van der Waals surface area contributed by atoms with E-state index in [9.17, 15) is 4.39 Å². The molecule has 1 fully saturated rings. The van der Waals surface area contributed by atoms with E-state index < -0.39 is 0 Å². The predicted octanol–water partition coefficient (Wildman–Crippen LogP) is 3.41. The largest absolute Gasteiger partial charge is 0.368 e. The predicted molar refractivity (Wildman–Crippen MR) is 77.6 cm³/mol. The lowest BCUT2D eigenvalue weighted by Gasteiger charge is -2.28. The van der Waals surface area contributed by atoms with E-state index in [4.69, 9.17) is 0 Å². The molecule has 1 N–H and O–H groups in total. The van der Waals surface area contributed by atoms with Crippen LogP contribution in [0.4, 0.5) is 10.1 Å². The average molecular weight is 315 g/mol. The van der Waals surface area contributed by atoms with Crippen molar-refractivity contribution in [1.29, 1.82) is 0 Å². The van der Waals surface area contributed by atoms with Gasteiger partial charge < -0.3 is 10.2 Å².